The van der Waals surface area contributed by atoms with E-state index in [0.717, 1.165) is 38.5 Å². The Bertz CT molecular complexity index is 354. The minimum absolute atomic E-state index is 0.324. The monoisotopic (exact) mass is 390 g/mol. The molecule has 0 aliphatic carbocycles. The van der Waals surface area contributed by atoms with Crippen molar-refractivity contribution in [2.45, 2.75) is 109 Å². The van der Waals surface area contributed by atoms with Crippen molar-refractivity contribution in [1.29, 1.82) is 0 Å². The lowest BCUT2D eigenvalue weighted by Gasteiger charge is -2.46. The van der Waals surface area contributed by atoms with Crippen LogP contribution < -0.4 is 0 Å². The molecular weight excluding hydrogens is 348 g/mol. The van der Waals surface area contributed by atoms with Gasteiger partial charge in [0, 0.05) is 26.9 Å². The second-order valence-corrected chi connectivity index (χ2v) is 7.25. The van der Waals surface area contributed by atoms with E-state index in [1.54, 1.807) is 7.11 Å². The molecule has 6 nitrogen and oxygen atoms in total. The largest absolute Gasteiger partial charge is 0.390 e. The fourth-order valence-corrected chi connectivity index (χ4v) is 3.21. The van der Waals surface area contributed by atoms with Crippen molar-refractivity contribution in [1.82, 2.24) is 0 Å². The molecule has 27 heavy (non-hydrogen) atoms. The third kappa shape index (κ3) is 7.95. The summed E-state index contributed by atoms with van der Waals surface area (Å²) in [5.74, 6) is 0. The number of aliphatic hydroxyl groups is 1. The Morgan fingerprint density at radius 2 is 1.26 bits per heavy atom. The maximum absolute atomic E-state index is 10.6. The fourth-order valence-electron chi connectivity index (χ4n) is 3.21. The molecule has 1 fully saturated rings. The normalized spacial score (nSPS) is 29.8. The van der Waals surface area contributed by atoms with E-state index in [-0.39, 0.29) is 18.3 Å². The predicted molar refractivity (Wildman–Crippen MR) is 106 cm³/mol. The molecule has 0 saturated carbocycles. The average Bonchev–Trinajstić information content (AvgIpc) is 2.69. The topological polar surface area (TPSA) is 66.4 Å². The highest BCUT2D eigenvalue weighted by Crippen LogP contribution is 2.31. The Balaban J connectivity index is 3.02. The number of rotatable bonds is 15. The van der Waals surface area contributed by atoms with Gasteiger partial charge in [-0.15, -0.1) is 0 Å². The van der Waals surface area contributed by atoms with Crippen LogP contribution in [0.4, 0.5) is 0 Å². The van der Waals surface area contributed by atoms with Gasteiger partial charge in [0.15, 0.2) is 6.29 Å². The Morgan fingerprint density at radius 1 is 0.778 bits per heavy atom. The highest BCUT2D eigenvalue weighted by molar-refractivity contribution is 4.95. The van der Waals surface area contributed by atoms with Crippen molar-refractivity contribution < 1.29 is 28.8 Å². The van der Waals surface area contributed by atoms with E-state index >= 15 is 0 Å². The van der Waals surface area contributed by atoms with Crippen LogP contribution in [0.25, 0.3) is 0 Å². The number of aliphatic hydroxyl groups excluding tert-OH is 1. The first-order valence-electron chi connectivity index (χ1n) is 10.9. The SMILES string of the molecule is CCCCO[C@H]1[C@H](OCCCC)[C@@H]([C@H](O)CC)O[C@H](OC)[C@@H]1OCCCC. The van der Waals surface area contributed by atoms with Gasteiger partial charge in [-0.1, -0.05) is 47.0 Å². The van der Waals surface area contributed by atoms with Gasteiger partial charge in [-0.05, 0) is 25.7 Å². The van der Waals surface area contributed by atoms with Crippen LogP contribution in [-0.4, -0.2) is 68.8 Å². The van der Waals surface area contributed by atoms with Gasteiger partial charge < -0.3 is 28.8 Å². The van der Waals surface area contributed by atoms with Crippen molar-refractivity contribution in [3.8, 4) is 0 Å². The molecule has 0 aromatic rings. The van der Waals surface area contributed by atoms with Gasteiger partial charge in [0.2, 0.25) is 0 Å². The third-order valence-corrected chi connectivity index (χ3v) is 4.99. The van der Waals surface area contributed by atoms with E-state index in [4.69, 9.17) is 23.7 Å². The Labute approximate surface area is 165 Å². The zero-order valence-corrected chi connectivity index (χ0v) is 18.0. The van der Waals surface area contributed by atoms with Crippen molar-refractivity contribution >= 4 is 0 Å². The summed E-state index contributed by atoms with van der Waals surface area (Å²) in [5, 5.41) is 10.6. The molecule has 1 aliphatic rings. The van der Waals surface area contributed by atoms with Gasteiger partial charge in [-0.2, -0.15) is 0 Å². The molecule has 6 atom stereocenters. The number of hydrogen-bond acceptors (Lipinski definition) is 6. The maximum atomic E-state index is 10.6. The van der Waals surface area contributed by atoms with E-state index in [9.17, 15) is 5.11 Å². The van der Waals surface area contributed by atoms with Gasteiger partial charge in [-0.25, -0.2) is 0 Å². The summed E-state index contributed by atoms with van der Waals surface area (Å²) in [4.78, 5) is 0. The van der Waals surface area contributed by atoms with Gasteiger partial charge in [0.25, 0.3) is 0 Å². The molecule has 1 aliphatic heterocycles. The average molecular weight is 391 g/mol. The van der Waals surface area contributed by atoms with Gasteiger partial charge in [0.1, 0.15) is 24.4 Å². The van der Waals surface area contributed by atoms with Crippen LogP contribution in [-0.2, 0) is 23.7 Å². The lowest BCUT2D eigenvalue weighted by atomic mass is 9.93. The van der Waals surface area contributed by atoms with E-state index in [1.807, 2.05) is 6.92 Å². The minimum atomic E-state index is -0.636. The van der Waals surface area contributed by atoms with Crippen molar-refractivity contribution in [2.24, 2.45) is 0 Å². The second-order valence-electron chi connectivity index (χ2n) is 7.25. The van der Waals surface area contributed by atoms with Crippen LogP contribution in [0, 0.1) is 0 Å². The van der Waals surface area contributed by atoms with Gasteiger partial charge in [-0.3, -0.25) is 0 Å². The fraction of sp³-hybridized carbons (Fsp3) is 1.00. The lowest BCUT2D eigenvalue weighted by Crippen LogP contribution is -2.63. The molecule has 1 saturated heterocycles. The number of ether oxygens (including phenoxy) is 5. The molecule has 0 spiro atoms. The minimum Gasteiger partial charge on any atom is -0.390 e. The Kier molecular flexibility index (Phi) is 13.5. The van der Waals surface area contributed by atoms with Crippen LogP contribution in [0.1, 0.15) is 72.6 Å². The summed E-state index contributed by atoms with van der Waals surface area (Å²) in [6, 6.07) is 0. The molecule has 0 aromatic carbocycles. The van der Waals surface area contributed by atoms with Crippen LogP contribution in [0.15, 0.2) is 0 Å². The smallest absolute Gasteiger partial charge is 0.186 e. The van der Waals surface area contributed by atoms with E-state index < -0.39 is 18.5 Å². The highest BCUT2D eigenvalue weighted by Gasteiger charge is 2.50. The standard InChI is InChI=1S/C21H42O6/c1-6-10-13-24-18-17(16(22)9-4)27-21(23-5)20(26-15-12-8-3)19(18)25-14-11-7-2/h16-22H,6-15H2,1-5H3/t16-,17-,18-,19+,20-,21+/m1/s1. The third-order valence-electron chi connectivity index (χ3n) is 4.99. The molecule has 1 rings (SSSR count). The second kappa shape index (κ2) is 14.7. The van der Waals surface area contributed by atoms with Crippen LogP contribution in [0.2, 0.25) is 0 Å². The summed E-state index contributed by atoms with van der Waals surface area (Å²) < 4.78 is 30.2. The molecule has 6 heteroatoms. The van der Waals surface area contributed by atoms with Gasteiger partial charge in [0.05, 0.1) is 6.10 Å². The lowest BCUT2D eigenvalue weighted by molar-refractivity contribution is -0.325. The summed E-state index contributed by atoms with van der Waals surface area (Å²) in [6.07, 6.45) is 3.87. The Hall–Kier alpha value is -0.240. The zero-order chi connectivity index (χ0) is 20.1. The van der Waals surface area contributed by atoms with E-state index in [1.165, 1.54) is 0 Å². The van der Waals surface area contributed by atoms with E-state index in [2.05, 4.69) is 20.8 Å². The molecule has 162 valence electrons. The molecule has 0 unspecified atom stereocenters. The first-order valence-corrected chi connectivity index (χ1v) is 10.9. The van der Waals surface area contributed by atoms with Crippen molar-refractivity contribution in [3.05, 3.63) is 0 Å². The van der Waals surface area contributed by atoms with Crippen LogP contribution >= 0.6 is 0 Å². The summed E-state index contributed by atoms with van der Waals surface area (Å²) in [6.45, 7) is 10.2. The van der Waals surface area contributed by atoms with Gasteiger partial charge >= 0.3 is 0 Å². The highest BCUT2D eigenvalue weighted by atomic mass is 16.7. The molecule has 0 radical (unpaired) electrons. The van der Waals surface area contributed by atoms with Crippen LogP contribution in [0.5, 0.6) is 0 Å². The van der Waals surface area contributed by atoms with E-state index in [0.29, 0.717) is 26.2 Å². The van der Waals surface area contributed by atoms with Crippen molar-refractivity contribution in [2.75, 3.05) is 26.9 Å². The predicted octanol–water partition coefficient (Wildman–Crippen LogP) is 3.68. The number of methoxy groups -OCH3 is 1. The number of unbranched alkanes of at least 4 members (excludes halogenated alkanes) is 3. The molecular formula is C21H42O6. The molecule has 0 aromatic heterocycles. The molecule has 0 bridgehead atoms. The molecule has 1 N–H and O–H groups in total. The number of hydrogen-bond donors (Lipinski definition) is 1. The zero-order valence-electron chi connectivity index (χ0n) is 18.0. The molecule has 1 heterocycles. The summed E-state index contributed by atoms with van der Waals surface area (Å²) in [5.41, 5.74) is 0. The van der Waals surface area contributed by atoms with Crippen molar-refractivity contribution in [3.63, 3.8) is 0 Å². The first-order chi connectivity index (χ1) is 13.1. The molecule has 0 amide bonds. The Morgan fingerprint density at radius 3 is 1.70 bits per heavy atom. The quantitative estimate of drug-likeness (QED) is 0.430. The maximum Gasteiger partial charge on any atom is 0.186 e. The summed E-state index contributed by atoms with van der Waals surface area (Å²) in [7, 11) is 1.61. The first kappa shape index (κ1) is 24.8. The van der Waals surface area contributed by atoms with Crippen LogP contribution in [0.3, 0.4) is 0 Å². The summed E-state index contributed by atoms with van der Waals surface area (Å²) >= 11 is 0.